The molecule has 1 N–H and O–H groups in total. The second kappa shape index (κ2) is 7.88. The van der Waals surface area contributed by atoms with Gasteiger partial charge in [0, 0.05) is 17.2 Å². The number of halogens is 1. The zero-order valence-corrected chi connectivity index (χ0v) is 14.5. The molecule has 3 rings (SSSR count). The summed E-state index contributed by atoms with van der Waals surface area (Å²) in [6.45, 7) is 0.0544. The van der Waals surface area contributed by atoms with Crippen molar-refractivity contribution in [3.05, 3.63) is 59.0 Å². The average Bonchev–Trinajstić information content (AvgIpc) is 3.25. The molecule has 5 nitrogen and oxygen atoms in total. The number of thioether (sulfide) groups is 1. The Hall–Kier alpha value is -1.76. The second-order valence-corrected chi connectivity index (χ2v) is 6.85. The van der Waals surface area contributed by atoms with Crippen molar-refractivity contribution in [2.75, 3.05) is 18.1 Å². The number of carbonyl (C=O) groups excluding carboxylic acids is 1. The van der Waals surface area contributed by atoms with Gasteiger partial charge in [0.25, 0.3) is 5.91 Å². The number of aliphatic hydroxyl groups excluding tert-OH is 1. The van der Waals surface area contributed by atoms with Gasteiger partial charge in [-0.05, 0) is 29.8 Å². The smallest absolute Gasteiger partial charge is 0.253 e. The SMILES string of the molecule is O=C(CSCCO)N1N=C(c2ccc(Cl)cc2)C[C@H]1c1ccco1. The zero-order valence-electron chi connectivity index (χ0n) is 12.9. The zero-order chi connectivity index (χ0) is 16.9. The van der Waals surface area contributed by atoms with Crippen molar-refractivity contribution in [2.24, 2.45) is 5.10 Å². The first-order valence-corrected chi connectivity index (χ1v) is 9.10. The minimum Gasteiger partial charge on any atom is -0.467 e. The fraction of sp³-hybridized carbons (Fsp3) is 0.294. The van der Waals surface area contributed by atoms with E-state index in [1.807, 2.05) is 30.3 Å². The maximum Gasteiger partial charge on any atom is 0.253 e. The second-order valence-electron chi connectivity index (χ2n) is 5.30. The molecule has 1 aromatic heterocycles. The monoisotopic (exact) mass is 364 g/mol. The Bertz CT molecular complexity index is 716. The van der Waals surface area contributed by atoms with E-state index >= 15 is 0 Å². The summed E-state index contributed by atoms with van der Waals surface area (Å²) in [6, 6.07) is 10.8. The summed E-state index contributed by atoms with van der Waals surface area (Å²) in [5.41, 5.74) is 1.77. The Labute approximate surface area is 149 Å². The van der Waals surface area contributed by atoms with Crippen LogP contribution >= 0.6 is 23.4 Å². The molecule has 0 saturated heterocycles. The van der Waals surface area contributed by atoms with E-state index < -0.39 is 0 Å². The summed E-state index contributed by atoms with van der Waals surface area (Å²) in [7, 11) is 0. The van der Waals surface area contributed by atoms with Gasteiger partial charge in [-0.1, -0.05) is 23.7 Å². The minimum atomic E-state index is -0.243. The Morgan fingerprint density at radius 3 is 2.83 bits per heavy atom. The highest BCUT2D eigenvalue weighted by Crippen LogP contribution is 2.33. The number of benzene rings is 1. The van der Waals surface area contributed by atoms with Crippen LogP contribution in [-0.2, 0) is 4.79 Å². The van der Waals surface area contributed by atoms with Crippen molar-refractivity contribution in [2.45, 2.75) is 12.5 Å². The summed E-state index contributed by atoms with van der Waals surface area (Å²) in [5.74, 6) is 1.41. The first kappa shape index (κ1) is 17.1. The standard InChI is InChI=1S/C17H17ClN2O3S/c18-13-5-3-12(4-6-13)14-10-15(16-2-1-8-23-16)20(19-14)17(22)11-24-9-7-21/h1-6,8,15,21H,7,9-11H2/t15-/m0/s1. The van der Waals surface area contributed by atoms with Gasteiger partial charge in [-0.15, -0.1) is 11.8 Å². The van der Waals surface area contributed by atoms with Gasteiger partial charge in [-0.25, -0.2) is 5.01 Å². The number of carbonyl (C=O) groups is 1. The normalized spacial score (nSPS) is 17.2. The lowest BCUT2D eigenvalue weighted by Gasteiger charge is -2.19. The van der Waals surface area contributed by atoms with Crippen LogP contribution in [-0.4, -0.2) is 39.8 Å². The number of rotatable bonds is 6. The van der Waals surface area contributed by atoms with E-state index in [4.69, 9.17) is 21.1 Å². The van der Waals surface area contributed by atoms with E-state index in [1.165, 1.54) is 16.8 Å². The van der Waals surface area contributed by atoms with Crippen molar-refractivity contribution >= 4 is 35.0 Å². The fourth-order valence-electron chi connectivity index (χ4n) is 2.55. The van der Waals surface area contributed by atoms with Gasteiger partial charge in [0.1, 0.15) is 11.8 Å². The topological polar surface area (TPSA) is 66.0 Å². The van der Waals surface area contributed by atoms with Crippen molar-refractivity contribution in [3.63, 3.8) is 0 Å². The molecule has 0 unspecified atom stereocenters. The van der Waals surface area contributed by atoms with Gasteiger partial charge in [0.15, 0.2) is 0 Å². The summed E-state index contributed by atoms with van der Waals surface area (Å²) in [6.07, 6.45) is 2.18. The number of furan rings is 1. The van der Waals surface area contributed by atoms with Crippen molar-refractivity contribution < 1.29 is 14.3 Å². The lowest BCUT2D eigenvalue weighted by Crippen LogP contribution is -2.28. The van der Waals surface area contributed by atoms with Crippen LogP contribution in [0.15, 0.2) is 52.2 Å². The largest absolute Gasteiger partial charge is 0.467 e. The van der Waals surface area contributed by atoms with E-state index in [9.17, 15) is 4.79 Å². The van der Waals surface area contributed by atoms with Gasteiger partial charge in [-0.3, -0.25) is 4.79 Å². The predicted molar refractivity (Wildman–Crippen MR) is 95.3 cm³/mol. The molecular weight excluding hydrogens is 348 g/mol. The molecule has 0 radical (unpaired) electrons. The van der Waals surface area contributed by atoms with Gasteiger partial charge >= 0.3 is 0 Å². The lowest BCUT2D eigenvalue weighted by molar-refractivity contribution is -0.130. The van der Waals surface area contributed by atoms with E-state index in [2.05, 4.69) is 5.10 Å². The summed E-state index contributed by atoms with van der Waals surface area (Å²) in [4.78, 5) is 12.5. The highest BCUT2D eigenvalue weighted by atomic mass is 35.5. The maximum atomic E-state index is 12.5. The number of hydrogen-bond donors (Lipinski definition) is 1. The number of amides is 1. The van der Waals surface area contributed by atoms with E-state index in [1.54, 1.807) is 12.3 Å². The summed E-state index contributed by atoms with van der Waals surface area (Å²) >= 11 is 7.32. The third-order valence-electron chi connectivity index (χ3n) is 3.68. The quantitative estimate of drug-likeness (QED) is 0.798. The molecule has 0 saturated carbocycles. The molecule has 1 atom stereocenters. The number of nitrogens with zero attached hydrogens (tertiary/aromatic N) is 2. The van der Waals surface area contributed by atoms with Crippen molar-refractivity contribution in [1.82, 2.24) is 5.01 Å². The molecular formula is C17H17ClN2O3S. The van der Waals surface area contributed by atoms with E-state index in [0.29, 0.717) is 23.0 Å². The molecule has 0 bridgehead atoms. The van der Waals surface area contributed by atoms with Crippen LogP contribution in [0.3, 0.4) is 0 Å². The van der Waals surface area contributed by atoms with Crippen LogP contribution in [0.5, 0.6) is 0 Å². The highest BCUT2D eigenvalue weighted by molar-refractivity contribution is 7.99. The fourth-order valence-corrected chi connectivity index (χ4v) is 3.26. The summed E-state index contributed by atoms with van der Waals surface area (Å²) < 4.78 is 5.49. The lowest BCUT2D eigenvalue weighted by atomic mass is 10.0. The van der Waals surface area contributed by atoms with Crippen LogP contribution in [0.2, 0.25) is 5.02 Å². The van der Waals surface area contributed by atoms with Crippen molar-refractivity contribution in [1.29, 1.82) is 0 Å². The predicted octanol–water partition coefficient (Wildman–Crippen LogP) is 3.34. The molecule has 0 aliphatic carbocycles. The minimum absolute atomic E-state index is 0.0544. The van der Waals surface area contributed by atoms with Crippen LogP contribution in [0, 0.1) is 0 Å². The molecule has 1 aliphatic rings. The molecule has 1 amide bonds. The number of hydrogen-bond acceptors (Lipinski definition) is 5. The van der Waals surface area contributed by atoms with Gasteiger partial charge < -0.3 is 9.52 Å². The van der Waals surface area contributed by atoms with Crippen LogP contribution in [0.1, 0.15) is 23.8 Å². The van der Waals surface area contributed by atoms with E-state index in [0.717, 1.165) is 11.3 Å². The molecule has 1 aliphatic heterocycles. The van der Waals surface area contributed by atoms with Crippen LogP contribution < -0.4 is 0 Å². The third-order valence-corrected chi connectivity index (χ3v) is 4.85. The highest BCUT2D eigenvalue weighted by Gasteiger charge is 2.34. The van der Waals surface area contributed by atoms with Gasteiger partial charge in [0.2, 0.25) is 0 Å². The molecule has 126 valence electrons. The third kappa shape index (κ3) is 3.83. The Balaban J connectivity index is 1.82. The molecule has 2 aromatic rings. The van der Waals surface area contributed by atoms with Crippen molar-refractivity contribution in [3.8, 4) is 0 Å². The van der Waals surface area contributed by atoms with E-state index in [-0.39, 0.29) is 24.3 Å². The van der Waals surface area contributed by atoms with Crippen LogP contribution in [0.25, 0.3) is 0 Å². The molecule has 2 heterocycles. The Kier molecular flexibility index (Phi) is 5.60. The summed E-state index contributed by atoms with van der Waals surface area (Å²) in [5, 5.41) is 15.5. The Morgan fingerprint density at radius 1 is 1.38 bits per heavy atom. The maximum absolute atomic E-state index is 12.5. The molecule has 0 fully saturated rings. The molecule has 24 heavy (non-hydrogen) atoms. The Morgan fingerprint density at radius 2 is 2.17 bits per heavy atom. The average molecular weight is 365 g/mol. The molecule has 1 aromatic carbocycles. The van der Waals surface area contributed by atoms with Crippen LogP contribution in [0.4, 0.5) is 0 Å². The first-order chi connectivity index (χ1) is 11.7. The number of hydrazone groups is 1. The number of aliphatic hydroxyl groups is 1. The van der Waals surface area contributed by atoms with Gasteiger partial charge in [0.05, 0.1) is 24.3 Å². The first-order valence-electron chi connectivity index (χ1n) is 7.56. The molecule has 7 heteroatoms. The van der Waals surface area contributed by atoms with Gasteiger partial charge in [-0.2, -0.15) is 5.10 Å². The molecule has 0 spiro atoms.